The Labute approximate surface area is 157 Å². The van der Waals surface area contributed by atoms with Crippen LogP contribution in [0.25, 0.3) is 11.5 Å². The maximum absolute atomic E-state index is 8.84. The van der Waals surface area contributed by atoms with Crippen molar-refractivity contribution in [3.63, 3.8) is 0 Å². The van der Waals surface area contributed by atoms with Gasteiger partial charge in [0.1, 0.15) is 5.69 Å². The van der Waals surface area contributed by atoms with Gasteiger partial charge in [0, 0.05) is 30.7 Å². The molecule has 0 amide bonds. The molecule has 3 aromatic rings. The highest BCUT2D eigenvalue weighted by molar-refractivity contribution is 5.58. The fraction of sp³-hybridized carbons (Fsp3) is 0.300. The molecule has 1 saturated heterocycles. The Kier molecular flexibility index (Phi) is 4.97. The minimum atomic E-state index is 0.407. The van der Waals surface area contributed by atoms with Crippen LogP contribution in [0.2, 0.25) is 0 Å². The Bertz CT molecular complexity index is 938. The molecule has 1 aliphatic heterocycles. The van der Waals surface area contributed by atoms with E-state index < -0.39 is 0 Å². The molecule has 1 aliphatic rings. The predicted octanol–water partition coefficient (Wildman–Crippen LogP) is 3.61. The van der Waals surface area contributed by atoms with Gasteiger partial charge < -0.3 is 14.7 Å². The van der Waals surface area contributed by atoms with E-state index in [9.17, 15) is 0 Å². The molecular formula is C20H20N6O. The first-order valence-corrected chi connectivity index (χ1v) is 9.10. The lowest BCUT2D eigenvalue weighted by atomic mass is 10.1. The van der Waals surface area contributed by atoms with Crippen molar-refractivity contribution in [3.05, 3.63) is 54.0 Å². The Morgan fingerprint density at radius 2 is 1.93 bits per heavy atom. The smallest absolute Gasteiger partial charge is 0.246 e. The van der Waals surface area contributed by atoms with Crippen LogP contribution in [0, 0.1) is 11.3 Å². The lowest BCUT2D eigenvalue weighted by Crippen LogP contribution is -2.29. The number of nitrogens with one attached hydrogen (secondary N) is 1. The van der Waals surface area contributed by atoms with Gasteiger partial charge in [0.15, 0.2) is 0 Å². The first kappa shape index (κ1) is 17.0. The molecule has 0 spiro atoms. The van der Waals surface area contributed by atoms with Crippen LogP contribution in [-0.2, 0) is 6.54 Å². The van der Waals surface area contributed by atoms with Crippen molar-refractivity contribution in [1.82, 2.24) is 15.1 Å². The number of rotatable bonds is 5. The fourth-order valence-electron chi connectivity index (χ4n) is 3.16. The van der Waals surface area contributed by atoms with Crippen molar-refractivity contribution in [3.8, 4) is 17.6 Å². The third-order valence-corrected chi connectivity index (χ3v) is 4.62. The van der Waals surface area contributed by atoms with Crippen LogP contribution in [0.15, 0.2) is 47.1 Å². The minimum Gasteiger partial charge on any atom is -0.376 e. The molecule has 0 radical (unpaired) electrons. The summed E-state index contributed by atoms with van der Waals surface area (Å²) in [5.41, 5.74) is 3.38. The second-order valence-electron chi connectivity index (χ2n) is 6.50. The van der Waals surface area contributed by atoms with Crippen LogP contribution in [0.5, 0.6) is 0 Å². The second kappa shape index (κ2) is 7.87. The van der Waals surface area contributed by atoms with E-state index in [1.165, 1.54) is 19.3 Å². The summed E-state index contributed by atoms with van der Waals surface area (Å²) < 4.78 is 5.34. The van der Waals surface area contributed by atoms with Gasteiger partial charge in [0.2, 0.25) is 11.7 Å². The number of anilines is 2. The molecular weight excluding hydrogens is 340 g/mol. The number of pyridine rings is 1. The van der Waals surface area contributed by atoms with E-state index in [-0.39, 0.29) is 0 Å². The van der Waals surface area contributed by atoms with Gasteiger partial charge in [-0.3, -0.25) is 4.98 Å². The van der Waals surface area contributed by atoms with Crippen LogP contribution < -0.4 is 10.2 Å². The quantitative estimate of drug-likeness (QED) is 0.743. The molecule has 3 heterocycles. The van der Waals surface area contributed by atoms with Gasteiger partial charge in [0.25, 0.3) is 0 Å². The zero-order chi connectivity index (χ0) is 18.5. The molecule has 136 valence electrons. The third kappa shape index (κ3) is 4.06. The summed E-state index contributed by atoms with van der Waals surface area (Å²) in [6.45, 7) is 2.57. The second-order valence-corrected chi connectivity index (χ2v) is 6.50. The molecule has 0 aliphatic carbocycles. The van der Waals surface area contributed by atoms with Crippen molar-refractivity contribution in [2.24, 2.45) is 0 Å². The van der Waals surface area contributed by atoms with E-state index in [0.29, 0.717) is 29.5 Å². The number of aromatic nitrogens is 3. The van der Waals surface area contributed by atoms with Crippen LogP contribution in [0.4, 0.5) is 11.4 Å². The van der Waals surface area contributed by atoms with Crippen molar-refractivity contribution in [1.29, 1.82) is 5.26 Å². The van der Waals surface area contributed by atoms with E-state index >= 15 is 0 Å². The highest BCUT2D eigenvalue weighted by atomic mass is 16.5. The van der Waals surface area contributed by atoms with Gasteiger partial charge in [0.05, 0.1) is 18.2 Å². The zero-order valence-electron chi connectivity index (χ0n) is 14.9. The Morgan fingerprint density at radius 3 is 2.70 bits per heavy atom. The molecule has 0 atom stereocenters. The van der Waals surface area contributed by atoms with Gasteiger partial charge in [-0.25, -0.2) is 0 Å². The van der Waals surface area contributed by atoms with Crippen LogP contribution in [0.3, 0.4) is 0 Å². The number of nitriles is 1. The molecule has 1 aromatic carbocycles. The highest BCUT2D eigenvalue weighted by Crippen LogP contribution is 2.23. The largest absolute Gasteiger partial charge is 0.376 e. The Morgan fingerprint density at radius 1 is 1.11 bits per heavy atom. The van der Waals surface area contributed by atoms with Crippen molar-refractivity contribution >= 4 is 11.4 Å². The summed E-state index contributed by atoms with van der Waals surface area (Å²) in [7, 11) is 0. The number of hydrogen-bond donors (Lipinski definition) is 1. The van der Waals surface area contributed by atoms with Crippen molar-refractivity contribution < 1.29 is 4.52 Å². The van der Waals surface area contributed by atoms with E-state index in [1.807, 2.05) is 24.3 Å². The molecule has 0 saturated carbocycles. The standard InChI is InChI=1S/C20H20N6O/c21-13-15-4-6-16(7-5-15)23-14-19-24-20(25-27-19)18-12-17(8-9-22-18)26-10-2-1-3-11-26/h4-9,12,23H,1-3,10-11,14H2. The summed E-state index contributed by atoms with van der Waals surface area (Å²) in [6, 6.07) is 13.4. The number of benzene rings is 1. The monoisotopic (exact) mass is 360 g/mol. The SMILES string of the molecule is N#Cc1ccc(NCc2nc(-c3cc(N4CCCCC4)ccn3)no2)cc1. The average Bonchev–Trinajstić information content (AvgIpc) is 3.22. The summed E-state index contributed by atoms with van der Waals surface area (Å²) in [5.74, 6) is 0.977. The fourth-order valence-corrected chi connectivity index (χ4v) is 3.16. The molecule has 4 rings (SSSR count). The van der Waals surface area contributed by atoms with Crippen molar-refractivity contribution in [2.45, 2.75) is 25.8 Å². The van der Waals surface area contributed by atoms with Crippen LogP contribution in [-0.4, -0.2) is 28.2 Å². The first-order valence-electron chi connectivity index (χ1n) is 9.10. The molecule has 7 heteroatoms. The normalized spacial score (nSPS) is 14.0. The maximum atomic E-state index is 8.84. The molecule has 1 N–H and O–H groups in total. The van der Waals surface area contributed by atoms with Crippen LogP contribution >= 0.6 is 0 Å². The number of nitrogens with zero attached hydrogens (tertiary/aromatic N) is 5. The van der Waals surface area contributed by atoms with E-state index in [4.69, 9.17) is 9.78 Å². The van der Waals surface area contributed by atoms with Crippen molar-refractivity contribution in [2.75, 3.05) is 23.3 Å². The predicted molar refractivity (Wildman–Crippen MR) is 102 cm³/mol. The number of hydrogen-bond acceptors (Lipinski definition) is 7. The van der Waals surface area contributed by atoms with Gasteiger partial charge in [-0.15, -0.1) is 0 Å². The molecule has 2 aromatic heterocycles. The molecule has 1 fully saturated rings. The summed E-state index contributed by atoms with van der Waals surface area (Å²) >= 11 is 0. The van der Waals surface area contributed by atoms with Gasteiger partial charge in [-0.1, -0.05) is 5.16 Å². The molecule has 0 unspecified atom stereocenters. The summed E-state index contributed by atoms with van der Waals surface area (Å²) in [5, 5.41) is 16.1. The van der Waals surface area contributed by atoms with Crippen LogP contribution in [0.1, 0.15) is 30.7 Å². The van der Waals surface area contributed by atoms with Gasteiger partial charge in [-0.05, 0) is 55.7 Å². The Balaban J connectivity index is 1.43. The first-order chi connectivity index (χ1) is 13.3. The lowest BCUT2D eigenvalue weighted by molar-refractivity contribution is 0.384. The molecule has 27 heavy (non-hydrogen) atoms. The topological polar surface area (TPSA) is 90.9 Å². The minimum absolute atomic E-state index is 0.407. The van der Waals surface area contributed by atoms with E-state index in [0.717, 1.165) is 24.5 Å². The molecule has 7 nitrogen and oxygen atoms in total. The number of piperidine rings is 1. The lowest BCUT2D eigenvalue weighted by Gasteiger charge is -2.28. The van der Waals surface area contributed by atoms with E-state index in [2.05, 4.69) is 31.4 Å². The summed E-state index contributed by atoms with van der Waals surface area (Å²) in [6.07, 6.45) is 5.55. The van der Waals surface area contributed by atoms with Gasteiger partial charge >= 0.3 is 0 Å². The summed E-state index contributed by atoms with van der Waals surface area (Å²) in [4.78, 5) is 11.2. The Hall–Kier alpha value is -3.40. The molecule has 0 bridgehead atoms. The zero-order valence-corrected chi connectivity index (χ0v) is 14.9. The third-order valence-electron chi connectivity index (χ3n) is 4.62. The van der Waals surface area contributed by atoms with E-state index in [1.54, 1.807) is 18.3 Å². The average molecular weight is 360 g/mol. The maximum Gasteiger partial charge on any atom is 0.246 e. The highest BCUT2D eigenvalue weighted by Gasteiger charge is 2.14. The van der Waals surface area contributed by atoms with Gasteiger partial charge in [-0.2, -0.15) is 10.2 Å².